The first kappa shape index (κ1) is 17.2. The number of rotatable bonds is 4. The monoisotopic (exact) mass is 382 g/mol. The molecule has 1 atom stereocenters. The van der Waals surface area contributed by atoms with Gasteiger partial charge in [-0.05, 0) is 35.4 Å². The van der Waals surface area contributed by atoms with Gasteiger partial charge in [0.25, 0.3) is 5.91 Å². The molecule has 1 amide bonds. The van der Waals surface area contributed by atoms with Crippen molar-refractivity contribution in [3.63, 3.8) is 0 Å². The fraction of sp³-hybridized carbons (Fsp3) is 0.0870. The number of nitrogens with zero attached hydrogens (tertiary/aromatic N) is 3. The van der Waals surface area contributed by atoms with Crippen molar-refractivity contribution in [3.05, 3.63) is 102 Å². The van der Waals surface area contributed by atoms with Crippen LogP contribution in [0.5, 0.6) is 5.75 Å². The van der Waals surface area contributed by atoms with Crippen molar-refractivity contribution in [1.82, 2.24) is 20.1 Å². The van der Waals surface area contributed by atoms with Crippen LogP contribution in [0.15, 0.2) is 79.1 Å². The van der Waals surface area contributed by atoms with Gasteiger partial charge < -0.3 is 10.0 Å². The van der Waals surface area contributed by atoms with Crippen LogP contribution in [-0.4, -0.2) is 31.1 Å². The summed E-state index contributed by atoms with van der Waals surface area (Å²) in [5, 5.41) is 17.7. The minimum absolute atomic E-state index is 0.111. The lowest BCUT2D eigenvalue weighted by Crippen LogP contribution is -2.29. The van der Waals surface area contributed by atoms with E-state index in [1.165, 1.54) is 0 Å². The average Bonchev–Trinajstić information content (AvgIpc) is 3.29. The summed E-state index contributed by atoms with van der Waals surface area (Å²) in [7, 11) is 0. The average molecular weight is 382 g/mol. The summed E-state index contributed by atoms with van der Waals surface area (Å²) in [4.78, 5) is 19.2. The number of aromatic hydroxyl groups is 1. The molecule has 4 aromatic rings. The smallest absolute Gasteiger partial charge is 0.273 e. The number of aromatic amines is 1. The summed E-state index contributed by atoms with van der Waals surface area (Å²) < 4.78 is 0. The topological polar surface area (TPSA) is 82.1 Å². The second-order valence-corrected chi connectivity index (χ2v) is 6.98. The molecule has 0 bridgehead atoms. The van der Waals surface area contributed by atoms with Gasteiger partial charge in [-0.3, -0.25) is 14.9 Å². The predicted molar refractivity (Wildman–Crippen MR) is 108 cm³/mol. The number of hydrogen-bond acceptors (Lipinski definition) is 4. The number of H-pyrrole nitrogens is 1. The summed E-state index contributed by atoms with van der Waals surface area (Å²) in [6.07, 6.45) is 3.45. The first-order valence-electron chi connectivity index (χ1n) is 9.35. The number of nitrogens with one attached hydrogen (secondary N) is 1. The number of carbonyl (C=O) groups excluding carboxylic acids is 1. The van der Waals surface area contributed by atoms with Crippen molar-refractivity contribution in [3.8, 4) is 17.0 Å². The summed E-state index contributed by atoms with van der Waals surface area (Å²) in [5.74, 6) is 0.0217. The fourth-order valence-electron chi connectivity index (χ4n) is 3.91. The maximum Gasteiger partial charge on any atom is 0.273 e. The molecule has 6 heteroatoms. The number of fused-ring (bicyclic) bond motifs is 1. The third-order valence-electron chi connectivity index (χ3n) is 5.24. The molecule has 1 unspecified atom stereocenters. The van der Waals surface area contributed by atoms with E-state index in [1.807, 2.05) is 59.5 Å². The van der Waals surface area contributed by atoms with E-state index in [2.05, 4.69) is 15.2 Å². The van der Waals surface area contributed by atoms with Gasteiger partial charge in [-0.1, -0.05) is 42.5 Å². The van der Waals surface area contributed by atoms with Gasteiger partial charge in [0.2, 0.25) is 0 Å². The standard InChI is InChI=1S/C23H18N4O2/c28-18-9-5-4-8-17(18)20-19-21(26-25-20)23(29)27(14-15-10-12-24-13-11-15)22(19)16-6-2-1-3-7-16/h1-13,22,28H,14H2,(H,25,26). The molecule has 0 saturated heterocycles. The number of pyridine rings is 1. The van der Waals surface area contributed by atoms with Crippen LogP contribution in [-0.2, 0) is 6.54 Å². The number of phenols is 1. The Morgan fingerprint density at radius 3 is 2.45 bits per heavy atom. The molecule has 0 radical (unpaired) electrons. The molecule has 0 spiro atoms. The quantitative estimate of drug-likeness (QED) is 0.560. The first-order chi connectivity index (χ1) is 14.2. The van der Waals surface area contributed by atoms with E-state index >= 15 is 0 Å². The highest BCUT2D eigenvalue weighted by atomic mass is 16.3. The van der Waals surface area contributed by atoms with Crippen LogP contribution in [0, 0.1) is 0 Å². The van der Waals surface area contributed by atoms with E-state index in [4.69, 9.17) is 0 Å². The summed E-state index contributed by atoms with van der Waals surface area (Å²) in [6.45, 7) is 0.448. The minimum Gasteiger partial charge on any atom is -0.507 e. The molecule has 0 saturated carbocycles. The van der Waals surface area contributed by atoms with Crippen molar-refractivity contribution in [2.24, 2.45) is 0 Å². The van der Waals surface area contributed by atoms with Crippen molar-refractivity contribution in [1.29, 1.82) is 0 Å². The van der Waals surface area contributed by atoms with E-state index in [-0.39, 0.29) is 17.7 Å². The highest BCUT2D eigenvalue weighted by Crippen LogP contribution is 2.44. The van der Waals surface area contributed by atoms with E-state index < -0.39 is 0 Å². The SMILES string of the molecule is O=C1c2[nH]nc(-c3ccccc3O)c2C(c2ccccc2)N1Cc1ccncc1. The molecule has 0 aliphatic carbocycles. The van der Waals surface area contributed by atoms with E-state index in [9.17, 15) is 9.90 Å². The third kappa shape index (κ3) is 2.86. The van der Waals surface area contributed by atoms with Crippen molar-refractivity contribution in [2.45, 2.75) is 12.6 Å². The maximum absolute atomic E-state index is 13.3. The van der Waals surface area contributed by atoms with Gasteiger partial charge in [0.15, 0.2) is 0 Å². The summed E-state index contributed by atoms with van der Waals surface area (Å²) in [5.41, 5.74) is 4.44. The molecule has 3 heterocycles. The molecule has 6 nitrogen and oxygen atoms in total. The lowest BCUT2D eigenvalue weighted by molar-refractivity contribution is 0.0730. The predicted octanol–water partition coefficient (Wildman–Crippen LogP) is 3.92. The Morgan fingerprint density at radius 2 is 1.69 bits per heavy atom. The molecular formula is C23H18N4O2. The van der Waals surface area contributed by atoms with Crippen molar-refractivity contribution in [2.75, 3.05) is 0 Å². The fourth-order valence-corrected chi connectivity index (χ4v) is 3.91. The molecule has 5 rings (SSSR count). The van der Waals surface area contributed by atoms with Crippen LogP contribution in [0.3, 0.4) is 0 Å². The number of carbonyl (C=O) groups is 1. The zero-order chi connectivity index (χ0) is 19.8. The Morgan fingerprint density at radius 1 is 0.966 bits per heavy atom. The first-order valence-corrected chi connectivity index (χ1v) is 9.35. The largest absolute Gasteiger partial charge is 0.507 e. The Kier molecular flexibility index (Phi) is 4.09. The zero-order valence-corrected chi connectivity index (χ0v) is 15.5. The number of phenolic OH excluding ortho intramolecular Hbond substituents is 1. The molecule has 29 heavy (non-hydrogen) atoms. The molecule has 142 valence electrons. The Balaban J connectivity index is 1.67. The van der Waals surface area contributed by atoms with Gasteiger partial charge in [-0.2, -0.15) is 5.10 Å². The van der Waals surface area contributed by atoms with Crippen LogP contribution < -0.4 is 0 Å². The lowest BCUT2D eigenvalue weighted by Gasteiger charge is -2.26. The number of para-hydroxylation sites is 1. The molecular weight excluding hydrogens is 364 g/mol. The van der Waals surface area contributed by atoms with E-state index in [0.717, 1.165) is 16.7 Å². The lowest BCUT2D eigenvalue weighted by atomic mass is 9.95. The maximum atomic E-state index is 13.3. The molecule has 2 N–H and O–H groups in total. The van der Waals surface area contributed by atoms with E-state index in [0.29, 0.717) is 23.5 Å². The number of amides is 1. The van der Waals surface area contributed by atoms with Crippen LogP contribution >= 0.6 is 0 Å². The number of benzene rings is 2. The molecule has 0 fully saturated rings. The van der Waals surface area contributed by atoms with Gasteiger partial charge in [-0.25, -0.2) is 0 Å². The van der Waals surface area contributed by atoms with Gasteiger partial charge >= 0.3 is 0 Å². The highest BCUT2D eigenvalue weighted by Gasteiger charge is 2.42. The zero-order valence-electron chi connectivity index (χ0n) is 15.5. The van der Waals surface area contributed by atoms with Crippen LogP contribution in [0.4, 0.5) is 0 Å². The van der Waals surface area contributed by atoms with Crippen molar-refractivity contribution >= 4 is 5.91 Å². The van der Waals surface area contributed by atoms with Gasteiger partial charge in [-0.15, -0.1) is 0 Å². The summed E-state index contributed by atoms with van der Waals surface area (Å²) >= 11 is 0. The third-order valence-corrected chi connectivity index (χ3v) is 5.24. The second kappa shape index (κ2) is 6.91. The minimum atomic E-state index is -0.305. The van der Waals surface area contributed by atoms with Gasteiger partial charge in [0.1, 0.15) is 17.1 Å². The Labute approximate surface area is 167 Å². The second-order valence-electron chi connectivity index (χ2n) is 6.98. The van der Waals surface area contributed by atoms with E-state index in [1.54, 1.807) is 24.5 Å². The van der Waals surface area contributed by atoms with Gasteiger partial charge in [0, 0.05) is 30.1 Å². The van der Waals surface area contributed by atoms with Gasteiger partial charge in [0.05, 0.1) is 6.04 Å². The van der Waals surface area contributed by atoms with Crippen LogP contribution in [0.25, 0.3) is 11.3 Å². The number of hydrogen-bond donors (Lipinski definition) is 2. The Bertz CT molecular complexity index is 1170. The van der Waals surface area contributed by atoms with Crippen molar-refractivity contribution < 1.29 is 9.90 Å². The highest BCUT2D eigenvalue weighted by molar-refractivity contribution is 6.00. The van der Waals surface area contributed by atoms with Crippen LogP contribution in [0.2, 0.25) is 0 Å². The molecule has 2 aromatic heterocycles. The normalized spacial score (nSPS) is 15.5. The molecule has 2 aromatic carbocycles. The molecule has 1 aliphatic heterocycles. The Hall–Kier alpha value is -3.93. The number of aromatic nitrogens is 3. The summed E-state index contributed by atoms with van der Waals surface area (Å²) in [6, 6.07) is 20.4. The molecule has 1 aliphatic rings. The van der Waals surface area contributed by atoms with Crippen LogP contribution in [0.1, 0.15) is 33.2 Å².